The van der Waals surface area contributed by atoms with Crippen LogP contribution in [0.4, 0.5) is 11.4 Å². The lowest BCUT2D eigenvalue weighted by Gasteiger charge is -2.09. The molecular weight excluding hydrogens is 274 g/mol. The van der Waals surface area contributed by atoms with Crippen LogP contribution in [0.5, 0.6) is 5.75 Å². The number of nitrogens with two attached hydrogens (primary N) is 1. The predicted octanol–water partition coefficient (Wildman–Crippen LogP) is 1.62. The van der Waals surface area contributed by atoms with Crippen LogP contribution < -0.4 is 15.8 Å². The molecule has 0 fully saturated rings. The van der Waals surface area contributed by atoms with Gasteiger partial charge in [-0.2, -0.15) is 0 Å². The SMILES string of the molecule is COc1cc(NC(=O)c2ncccc2N)ccc1C(=O)O. The number of hydrogen-bond acceptors (Lipinski definition) is 5. The van der Waals surface area contributed by atoms with E-state index in [9.17, 15) is 9.59 Å². The number of nitrogen functional groups attached to an aromatic ring is 1. The zero-order chi connectivity index (χ0) is 15.4. The number of anilines is 2. The van der Waals surface area contributed by atoms with Gasteiger partial charge in [0, 0.05) is 18.0 Å². The molecule has 0 radical (unpaired) electrons. The number of aromatic nitrogens is 1. The fourth-order valence-corrected chi connectivity index (χ4v) is 1.74. The molecule has 1 heterocycles. The number of hydrogen-bond donors (Lipinski definition) is 3. The van der Waals surface area contributed by atoms with Gasteiger partial charge in [-0.25, -0.2) is 9.78 Å². The highest BCUT2D eigenvalue weighted by Crippen LogP contribution is 2.23. The van der Waals surface area contributed by atoms with E-state index in [1.807, 2.05) is 0 Å². The Kier molecular flexibility index (Phi) is 4.03. The highest BCUT2D eigenvalue weighted by Gasteiger charge is 2.14. The van der Waals surface area contributed by atoms with Crippen molar-refractivity contribution in [2.75, 3.05) is 18.2 Å². The Morgan fingerprint density at radius 1 is 1.33 bits per heavy atom. The Morgan fingerprint density at radius 2 is 2.10 bits per heavy atom. The number of rotatable bonds is 4. The van der Waals surface area contributed by atoms with Crippen LogP contribution in [0.15, 0.2) is 36.5 Å². The third-order valence-electron chi connectivity index (χ3n) is 2.74. The van der Waals surface area contributed by atoms with E-state index >= 15 is 0 Å². The fourth-order valence-electron chi connectivity index (χ4n) is 1.74. The average Bonchev–Trinajstić information content (AvgIpc) is 2.47. The minimum atomic E-state index is -1.11. The van der Waals surface area contributed by atoms with Crippen LogP contribution in [0.2, 0.25) is 0 Å². The van der Waals surface area contributed by atoms with Crippen LogP contribution in [0.25, 0.3) is 0 Å². The van der Waals surface area contributed by atoms with E-state index in [1.54, 1.807) is 12.1 Å². The van der Waals surface area contributed by atoms with E-state index in [2.05, 4.69) is 10.3 Å². The summed E-state index contributed by atoms with van der Waals surface area (Å²) in [6.07, 6.45) is 1.46. The van der Waals surface area contributed by atoms with Gasteiger partial charge in [0.1, 0.15) is 11.3 Å². The summed E-state index contributed by atoms with van der Waals surface area (Å²) in [7, 11) is 1.35. The van der Waals surface area contributed by atoms with Gasteiger partial charge >= 0.3 is 5.97 Å². The average molecular weight is 287 g/mol. The fraction of sp³-hybridized carbons (Fsp3) is 0.0714. The molecule has 0 aliphatic carbocycles. The topological polar surface area (TPSA) is 115 Å². The molecule has 7 heteroatoms. The number of methoxy groups -OCH3 is 1. The van der Waals surface area contributed by atoms with Crippen molar-refractivity contribution in [3.8, 4) is 5.75 Å². The Hall–Kier alpha value is -3.09. The van der Waals surface area contributed by atoms with E-state index < -0.39 is 11.9 Å². The summed E-state index contributed by atoms with van der Waals surface area (Å²) < 4.78 is 4.99. The lowest BCUT2D eigenvalue weighted by molar-refractivity contribution is 0.0693. The number of aromatic carboxylic acids is 1. The lowest BCUT2D eigenvalue weighted by Crippen LogP contribution is -2.16. The molecule has 0 unspecified atom stereocenters. The van der Waals surface area contributed by atoms with Crippen molar-refractivity contribution < 1.29 is 19.4 Å². The van der Waals surface area contributed by atoms with Crippen LogP contribution in [-0.4, -0.2) is 29.1 Å². The van der Waals surface area contributed by atoms with Crippen molar-refractivity contribution in [2.24, 2.45) is 0 Å². The van der Waals surface area contributed by atoms with Gasteiger partial charge in [0.15, 0.2) is 5.69 Å². The van der Waals surface area contributed by atoms with Crippen LogP contribution >= 0.6 is 0 Å². The molecule has 1 amide bonds. The van der Waals surface area contributed by atoms with E-state index in [-0.39, 0.29) is 22.7 Å². The maximum absolute atomic E-state index is 12.0. The van der Waals surface area contributed by atoms with Crippen LogP contribution in [-0.2, 0) is 0 Å². The van der Waals surface area contributed by atoms with E-state index in [0.29, 0.717) is 5.69 Å². The number of benzene rings is 1. The molecule has 0 atom stereocenters. The lowest BCUT2D eigenvalue weighted by atomic mass is 10.1. The predicted molar refractivity (Wildman–Crippen MR) is 76.6 cm³/mol. The molecule has 0 saturated heterocycles. The molecule has 4 N–H and O–H groups in total. The largest absolute Gasteiger partial charge is 0.496 e. The van der Waals surface area contributed by atoms with E-state index in [0.717, 1.165) is 0 Å². The number of carboxylic acid groups (broad SMARTS) is 1. The first-order valence-electron chi connectivity index (χ1n) is 5.96. The number of nitrogens with one attached hydrogen (secondary N) is 1. The minimum Gasteiger partial charge on any atom is -0.496 e. The number of carbonyl (C=O) groups is 2. The van der Waals surface area contributed by atoms with Gasteiger partial charge in [-0.05, 0) is 24.3 Å². The van der Waals surface area contributed by atoms with Crippen molar-refractivity contribution in [1.29, 1.82) is 0 Å². The van der Waals surface area contributed by atoms with E-state index in [1.165, 1.54) is 31.5 Å². The number of nitrogens with zero attached hydrogens (tertiary/aromatic N) is 1. The zero-order valence-electron chi connectivity index (χ0n) is 11.2. The summed E-state index contributed by atoms with van der Waals surface area (Å²) in [6.45, 7) is 0. The monoisotopic (exact) mass is 287 g/mol. The first-order valence-corrected chi connectivity index (χ1v) is 5.96. The first-order chi connectivity index (χ1) is 10.0. The molecule has 21 heavy (non-hydrogen) atoms. The number of carbonyl (C=O) groups excluding carboxylic acids is 1. The summed E-state index contributed by atoms with van der Waals surface area (Å²) in [5.41, 5.74) is 6.41. The number of amides is 1. The second-order valence-corrected chi connectivity index (χ2v) is 4.12. The van der Waals surface area contributed by atoms with Gasteiger partial charge in [0.2, 0.25) is 0 Å². The van der Waals surface area contributed by atoms with Gasteiger partial charge in [0.25, 0.3) is 5.91 Å². The van der Waals surface area contributed by atoms with Crippen LogP contribution in [0, 0.1) is 0 Å². The van der Waals surface area contributed by atoms with Crippen LogP contribution in [0.3, 0.4) is 0 Å². The number of ether oxygens (including phenoxy) is 1. The summed E-state index contributed by atoms with van der Waals surface area (Å²) >= 11 is 0. The van der Waals surface area contributed by atoms with Crippen molar-refractivity contribution in [3.05, 3.63) is 47.8 Å². The van der Waals surface area contributed by atoms with Crippen molar-refractivity contribution in [1.82, 2.24) is 4.98 Å². The summed E-state index contributed by atoms with van der Waals surface area (Å²) in [6, 6.07) is 7.41. The van der Waals surface area contributed by atoms with Crippen molar-refractivity contribution in [2.45, 2.75) is 0 Å². The second kappa shape index (κ2) is 5.91. The van der Waals surface area contributed by atoms with Crippen molar-refractivity contribution >= 4 is 23.3 Å². The third kappa shape index (κ3) is 3.08. The minimum absolute atomic E-state index is 0.00727. The zero-order valence-corrected chi connectivity index (χ0v) is 11.2. The smallest absolute Gasteiger partial charge is 0.339 e. The number of carboxylic acids is 1. The van der Waals surface area contributed by atoms with E-state index in [4.69, 9.17) is 15.6 Å². The Labute approximate surface area is 120 Å². The molecule has 2 rings (SSSR count). The summed E-state index contributed by atoms with van der Waals surface area (Å²) in [5.74, 6) is -1.45. The summed E-state index contributed by atoms with van der Waals surface area (Å²) in [4.78, 5) is 26.9. The Bertz CT molecular complexity index is 700. The maximum atomic E-state index is 12.0. The third-order valence-corrected chi connectivity index (χ3v) is 2.74. The Morgan fingerprint density at radius 3 is 2.71 bits per heavy atom. The molecule has 108 valence electrons. The Balaban J connectivity index is 2.26. The first kappa shape index (κ1) is 14.3. The molecule has 0 aliphatic heterocycles. The van der Waals surface area contributed by atoms with Gasteiger partial charge in [0.05, 0.1) is 12.8 Å². The number of pyridine rings is 1. The molecule has 0 aliphatic rings. The standard InChI is InChI=1S/C14H13N3O4/c1-21-11-7-8(4-5-9(11)14(19)20)17-13(18)12-10(15)3-2-6-16-12/h2-7H,15H2,1H3,(H,17,18)(H,19,20). The van der Waals surface area contributed by atoms with Gasteiger partial charge < -0.3 is 20.9 Å². The highest BCUT2D eigenvalue weighted by molar-refractivity contribution is 6.06. The molecule has 1 aromatic carbocycles. The van der Waals surface area contributed by atoms with Gasteiger partial charge in [-0.15, -0.1) is 0 Å². The van der Waals surface area contributed by atoms with Gasteiger partial charge in [-0.3, -0.25) is 4.79 Å². The molecule has 1 aromatic heterocycles. The van der Waals surface area contributed by atoms with Crippen molar-refractivity contribution in [3.63, 3.8) is 0 Å². The molecule has 0 saturated carbocycles. The normalized spacial score (nSPS) is 9.95. The second-order valence-electron chi connectivity index (χ2n) is 4.12. The molecule has 0 spiro atoms. The highest BCUT2D eigenvalue weighted by atomic mass is 16.5. The quantitative estimate of drug-likeness (QED) is 0.787. The molecular formula is C14H13N3O4. The maximum Gasteiger partial charge on any atom is 0.339 e. The van der Waals surface area contributed by atoms with Crippen LogP contribution in [0.1, 0.15) is 20.8 Å². The molecule has 7 nitrogen and oxygen atoms in total. The van der Waals surface area contributed by atoms with Gasteiger partial charge in [-0.1, -0.05) is 0 Å². The summed E-state index contributed by atoms with van der Waals surface area (Å²) in [5, 5.41) is 11.6. The molecule has 2 aromatic rings. The molecule has 0 bridgehead atoms.